The van der Waals surface area contributed by atoms with Gasteiger partial charge in [-0.1, -0.05) is 0 Å². The first-order chi connectivity index (χ1) is 8.01. The highest BCUT2D eigenvalue weighted by molar-refractivity contribution is 7.89. The zero-order valence-corrected chi connectivity index (χ0v) is 11.1. The number of hydrogen-bond donors (Lipinski definition) is 1. The minimum absolute atomic E-state index is 0.0161. The largest absolute Gasteiger partial charge is 0.396 e. The van der Waals surface area contributed by atoms with Gasteiger partial charge in [0.15, 0.2) is 0 Å². The lowest BCUT2D eigenvalue weighted by molar-refractivity contribution is 0.159. The number of aliphatic hydroxyl groups is 1. The van der Waals surface area contributed by atoms with Crippen molar-refractivity contribution in [2.24, 2.45) is 5.92 Å². The van der Waals surface area contributed by atoms with E-state index in [0.717, 1.165) is 25.7 Å². The van der Waals surface area contributed by atoms with Crippen LogP contribution in [0.2, 0.25) is 0 Å². The van der Waals surface area contributed by atoms with Crippen LogP contribution in [0, 0.1) is 5.92 Å². The zero-order valence-electron chi connectivity index (χ0n) is 10.3. The summed E-state index contributed by atoms with van der Waals surface area (Å²) >= 11 is 0. The van der Waals surface area contributed by atoms with Gasteiger partial charge in [0.25, 0.3) is 0 Å². The Morgan fingerprint density at radius 3 is 2.35 bits per heavy atom. The second-order valence-electron chi connectivity index (χ2n) is 4.73. The molecule has 4 nitrogen and oxygen atoms in total. The van der Waals surface area contributed by atoms with E-state index in [2.05, 4.69) is 0 Å². The summed E-state index contributed by atoms with van der Waals surface area (Å²) in [4.78, 5) is 0. The van der Waals surface area contributed by atoms with Crippen molar-refractivity contribution in [3.63, 3.8) is 0 Å². The molecular formula is C11H22FNO3S. The Hall–Kier alpha value is -0.200. The summed E-state index contributed by atoms with van der Waals surface area (Å²) in [5.41, 5.74) is 0. The maximum absolute atomic E-state index is 12.0. The summed E-state index contributed by atoms with van der Waals surface area (Å²) in [5, 5.41) is 9.02. The molecule has 0 aliphatic heterocycles. The Balaban J connectivity index is 2.50. The first-order valence-corrected chi connectivity index (χ1v) is 7.74. The molecule has 1 aliphatic rings. The predicted molar refractivity (Wildman–Crippen MR) is 65.0 cm³/mol. The van der Waals surface area contributed by atoms with Crippen molar-refractivity contribution in [2.75, 3.05) is 26.1 Å². The molecule has 0 amide bonds. The third kappa shape index (κ3) is 4.19. The Morgan fingerprint density at radius 1 is 1.29 bits per heavy atom. The standard InChI is InChI=1S/C11H22FNO3S/c1-13(17(15,16)8-2-7-12)11-5-3-10(9-14)4-6-11/h10-11,14H,2-9H2,1H3. The van der Waals surface area contributed by atoms with Crippen LogP contribution in [0.15, 0.2) is 0 Å². The normalized spacial score (nSPS) is 26.4. The molecule has 1 N–H and O–H groups in total. The number of alkyl halides is 1. The molecule has 102 valence electrons. The molecule has 0 aromatic rings. The van der Waals surface area contributed by atoms with Crippen molar-refractivity contribution in [2.45, 2.75) is 38.1 Å². The molecule has 1 rings (SSSR count). The summed E-state index contributed by atoms with van der Waals surface area (Å²) in [7, 11) is -1.73. The number of hydrogen-bond acceptors (Lipinski definition) is 3. The van der Waals surface area contributed by atoms with E-state index in [9.17, 15) is 12.8 Å². The molecule has 0 aromatic carbocycles. The van der Waals surface area contributed by atoms with Gasteiger partial charge in [0, 0.05) is 19.7 Å². The number of halogens is 1. The molecular weight excluding hydrogens is 245 g/mol. The van der Waals surface area contributed by atoms with Gasteiger partial charge in [-0.15, -0.1) is 0 Å². The van der Waals surface area contributed by atoms with E-state index in [0.29, 0.717) is 5.92 Å². The zero-order chi connectivity index (χ0) is 12.9. The number of nitrogens with zero attached hydrogens (tertiary/aromatic N) is 1. The molecule has 0 heterocycles. The molecule has 0 spiro atoms. The molecule has 6 heteroatoms. The molecule has 17 heavy (non-hydrogen) atoms. The van der Waals surface area contributed by atoms with Crippen molar-refractivity contribution < 1.29 is 17.9 Å². The molecule has 0 aromatic heterocycles. The number of sulfonamides is 1. The molecule has 0 unspecified atom stereocenters. The van der Waals surface area contributed by atoms with Gasteiger partial charge in [0.2, 0.25) is 10.0 Å². The van der Waals surface area contributed by atoms with Crippen molar-refractivity contribution in [3.8, 4) is 0 Å². The van der Waals surface area contributed by atoms with Crippen molar-refractivity contribution in [1.82, 2.24) is 4.31 Å². The molecule has 0 atom stereocenters. The fourth-order valence-corrected chi connectivity index (χ4v) is 3.73. The average molecular weight is 267 g/mol. The van der Waals surface area contributed by atoms with E-state index < -0.39 is 16.7 Å². The minimum Gasteiger partial charge on any atom is -0.396 e. The number of aliphatic hydroxyl groups excluding tert-OH is 1. The topological polar surface area (TPSA) is 57.6 Å². The lowest BCUT2D eigenvalue weighted by atomic mass is 9.87. The van der Waals surface area contributed by atoms with Gasteiger partial charge < -0.3 is 5.11 Å². The summed E-state index contributed by atoms with van der Waals surface area (Å²) in [5.74, 6) is 0.202. The first-order valence-electron chi connectivity index (χ1n) is 6.13. The molecule has 0 radical (unpaired) electrons. The summed E-state index contributed by atoms with van der Waals surface area (Å²) in [6.45, 7) is -0.407. The van der Waals surface area contributed by atoms with Gasteiger partial charge in [-0.25, -0.2) is 12.7 Å². The van der Waals surface area contributed by atoms with Crippen LogP contribution >= 0.6 is 0 Å². The van der Waals surface area contributed by atoms with Crippen molar-refractivity contribution in [1.29, 1.82) is 0 Å². The monoisotopic (exact) mass is 267 g/mol. The second-order valence-corrected chi connectivity index (χ2v) is 6.88. The average Bonchev–Trinajstić information content (AvgIpc) is 2.35. The van der Waals surface area contributed by atoms with Gasteiger partial charge in [-0.05, 0) is 38.0 Å². The summed E-state index contributed by atoms with van der Waals surface area (Å²) in [6.07, 6.45) is 3.38. The van der Waals surface area contributed by atoms with Crippen LogP contribution in [0.25, 0.3) is 0 Å². The van der Waals surface area contributed by atoms with Crippen LogP contribution in [0.4, 0.5) is 4.39 Å². The van der Waals surface area contributed by atoms with Crippen LogP contribution in [-0.4, -0.2) is 50.0 Å². The fraction of sp³-hybridized carbons (Fsp3) is 1.00. The van der Waals surface area contributed by atoms with Crippen LogP contribution in [0.1, 0.15) is 32.1 Å². The fourth-order valence-electron chi connectivity index (χ4n) is 2.30. The van der Waals surface area contributed by atoms with E-state index >= 15 is 0 Å². The Labute approximate surface area is 103 Å². The molecule has 1 aliphatic carbocycles. The maximum Gasteiger partial charge on any atom is 0.214 e. The highest BCUT2D eigenvalue weighted by atomic mass is 32.2. The Kier molecular flexibility index (Phi) is 5.82. The lowest BCUT2D eigenvalue weighted by Gasteiger charge is -2.33. The van der Waals surface area contributed by atoms with E-state index in [1.165, 1.54) is 4.31 Å². The SMILES string of the molecule is CN(C1CCC(CO)CC1)S(=O)(=O)CCCF. The van der Waals surface area contributed by atoms with Gasteiger partial charge in [-0.3, -0.25) is 4.39 Å². The second kappa shape index (κ2) is 6.66. The molecule has 0 saturated heterocycles. The first kappa shape index (κ1) is 14.9. The highest BCUT2D eigenvalue weighted by Gasteiger charge is 2.29. The maximum atomic E-state index is 12.0. The van der Waals surface area contributed by atoms with Gasteiger partial charge in [-0.2, -0.15) is 0 Å². The third-order valence-electron chi connectivity index (χ3n) is 3.56. The smallest absolute Gasteiger partial charge is 0.214 e. The Bertz CT molecular complexity index is 313. The van der Waals surface area contributed by atoms with Crippen LogP contribution in [-0.2, 0) is 10.0 Å². The van der Waals surface area contributed by atoms with E-state index in [1.54, 1.807) is 7.05 Å². The van der Waals surface area contributed by atoms with E-state index in [4.69, 9.17) is 5.11 Å². The predicted octanol–water partition coefficient (Wildman–Crippen LogP) is 1.16. The van der Waals surface area contributed by atoms with Crippen molar-refractivity contribution in [3.05, 3.63) is 0 Å². The van der Waals surface area contributed by atoms with Crippen LogP contribution < -0.4 is 0 Å². The lowest BCUT2D eigenvalue weighted by Crippen LogP contribution is -2.41. The third-order valence-corrected chi connectivity index (χ3v) is 5.54. The Morgan fingerprint density at radius 2 is 1.88 bits per heavy atom. The summed E-state index contributed by atoms with van der Waals surface area (Å²) < 4.78 is 37.1. The molecule has 1 saturated carbocycles. The van der Waals surface area contributed by atoms with Crippen LogP contribution in [0.3, 0.4) is 0 Å². The molecule has 1 fully saturated rings. The van der Waals surface area contributed by atoms with E-state index in [1.807, 2.05) is 0 Å². The molecule has 0 bridgehead atoms. The van der Waals surface area contributed by atoms with Gasteiger partial charge in [0.05, 0.1) is 12.4 Å². The number of rotatable bonds is 6. The van der Waals surface area contributed by atoms with Crippen molar-refractivity contribution >= 4 is 10.0 Å². The van der Waals surface area contributed by atoms with Crippen LogP contribution in [0.5, 0.6) is 0 Å². The minimum atomic E-state index is -3.32. The highest BCUT2D eigenvalue weighted by Crippen LogP contribution is 2.28. The van der Waals surface area contributed by atoms with E-state index in [-0.39, 0.29) is 24.8 Å². The summed E-state index contributed by atoms with van der Waals surface area (Å²) in [6, 6.07) is 0.0161. The van der Waals surface area contributed by atoms with Gasteiger partial charge >= 0.3 is 0 Å². The quantitative estimate of drug-likeness (QED) is 0.785. The van der Waals surface area contributed by atoms with Gasteiger partial charge in [0.1, 0.15) is 0 Å².